The number of hydrogen-bond acceptors (Lipinski definition) is 3. The minimum Gasteiger partial charge on any atom is -0.478 e. The third kappa shape index (κ3) is 3.92. The molecule has 0 saturated heterocycles. The van der Waals surface area contributed by atoms with Crippen LogP contribution >= 0.6 is 0 Å². The van der Waals surface area contributed by atoms with E-state index in [1.54, 1.807) is 24.3 Å². The van der Waals surface area contributed by atoms with E-state index in [0.29, 0.717) is 17.7 Å². The van der Waals surface area contributed by atoms with Crippen molar-refractivity contribution < 1.29 is 9.90 Å². The van der Waals surface area contributed by atoms with Crippen molar-refractivity contribution in [1.29, 1.82) is 0 Å². The van der Waals surface area contributed by atoms with Gasteiger partial charge in [0.2, 0.25) is 0 Å². The number of aryl methyl sites for hydroxylation is 1. The van der Waals surface area contributed by atoms with E-state index in [1.165, 1.54) is 0 Å². The molecule has 2 aromatic heterocycles. The van der Waals surface area contributed by atoms with E-state index in [2.05, 4.69) is 41.8 Å². The maximum absolute atomic E-state index is 11.6. The number of hydrogen-bond donors (Lipinski definition) is 1. The summed E-state index contributed by atoms with van der Waals surface area (Å²) in [5, 5.41) is 9.52. The van der Waals surface area contributed by atoms with Gasteiger partial charge < -0.3 is 14.2 Å². The molecule has 5 aromatic rings. The lowest BCUT2D eigenvalue weighted by molar-refractivity contribution is 0.0697. The Morgan fingerprint density at radius 3 is 2.44 bits per heavy atom. The fraction of sp³-hybridized carbons (Fsp3) is 0.100. The summed E-state index contributed by atoms with van der Waals surface area (Å²) in [4.78, 5) is 21.0. The van der Waals surface area contributed by atoms with E-state index in [1.807, 2.05) is 54.3 Å². The molecule has 2 heterocycles. The Hall–Kier alpha value is -4.71. The number of carbonyl (C=O) groups is 1. The third-order valence-electron chi connectivity index (χ3n) is 6.50. The number of aromatic nitrogens is 4. The zero-order valence-corrected chi connectivity index (χ0v) is 20.3. The number of benzene rings is 3. The van der Waals surface area contributed by atoms with Crippen LogP contribution in [0.4, 0.5) is 0 Å². The zero-order valence-electron chi connectivity index (χ0n) is 20.3. The molecule has 0 unspecified atom stereocenters. The van der Waals surface area contributed by atoms with Gasteiger partial charge in [0.25, 0.3) is 0 Å². The predicted octanol–water partition coefficient (Wildman–Crippen LogP) is 6.44. The average Bonchev–Trinajstić information content (AvgIpc) is 3.44. The summed E-state index contributed by atoms with van der Waals surface area (Å²) in [7, 11) is 1.98. The first-order valence-electron chi connectivity index (χ1n) is 11.6. The molecule has 0 amide bonds. The summed E-state index contributed by atoms with van der Waals surface area (Å²) in [5.74, 6) is -0.0853. The molecule has 0 atom stereocenters. The lowest BCUT2D eigenvalue weighted by Gasteiger charge is -2.10. The van der Waals surface area contributed by atoms with Gasteiger partial charge in [0.1, 0.15) is 5.82 Å². The van der Waals surface area contributed by atoms with Crippen molar-refractivity contribution in [2.45, 2.75) is 13.5 Å². The van der Waals surface area contributed by atoms with Crippen LogP contribution in [0.2, 0.25) is 0 Å². The van der Waals surface area contributed by atoms with E-state index in [4.69, 9.17) is 4.98 Å². The fourth-order valence-electron chi connectivity index (χ4n) is 4.68. The van der Waals surface area contributed by atoms with Crippen molar-refractivity contribution in [1.82, 2.24) is 19.1 Å². The van der Waals surface area contributed by atoms with Crippen molar-refractivity contribution in [3.63, 3.8) is 0 Å². The molecular formula is C30H26N4O2. The fourth-order valence-corrected chi connectivity index (χ4v) is 4.68. The molecule has 0 bridgehead atoms. The van der Waals surface area contributed by atoms with Gasteiger partial charge in [-0.1, -0.05) is 55.6 Å². The Morgan fingerprint density at radius 2 is 1.78 bits per heavy atom. The second-order valence-electron chi connectivity index (χ2n) is 8.75. The summed E-state index contributed by atoms with van der Waals surface area (Å²) >= 11 is 0. The number of aromatic carboxylic acids is 1. The molecule has 3 aromatic carbocycles. The van der Waals surface area contributed by atoms with Gasteiger partial charge in [0.15, 0.2) is 0 Å². The van der Waals surface area contributed by atoms with E-state index in [9.17, 15) is 9.90 Å². The van der Waals surface area contributed by atoms with Gasteiger partial charge in [-0.15, -0.1) is 0 Å². The lowest BCUT2D eigenvalue weighted by Crippen LogP contribution is -2.01. The smallest absolute Gasteiger partial charge is 0.336 e. The molecule has 178 valence electrons. The Bertz CT molecular complexity index is 1640. The van der Waals surface area contributed by atoms with Crippen molar-refractivity contribution in [2.24, 2.45) is 7.05 Å². The Balaban J connectivity index is 1.51. The van der Waals surface area contributed by atoms with Gasteiger partial charge in [0, 0.05) is 19.2 Å². The second kappa shape index (κ2) is 9.15. The number of nitrogens with zero attached hydrogens (tertiary/aromatic N) is 4. The quantitative estimate of drug-likeness (QED) is 0.294. The maximum atomic E-state index is 11.6. The van der Waals surface area contributed by atoms with E-state index >= 15 is 0 Å². The monoisotopic (exact) mass is 474 g/mol. The first-order chi connectivity index (χ1) is 17.4. The van der Waals surface area contributed by atoms with Crippen molar-refractivity contribution >= 4 is 29.2 Å². The van der Waals surface area contributed by atoms with Crippen LogP contribution in [-0.2, 0) is 13.6 Å². The van der Waals surface area contributed by atoms with Gasteiger partial charge in [-0.3, -0.25) is 0 Å². The molecule has 1 N–H and O–H groups in total. The topological polar surface area (TPSA) is 72.9 Å². The highest BCUT2D eigenvalue weighted by Gasteiger charge is 2.16. The molecule has 0 aliphatic carbocycles. The number of carboxylic acids is 1. The van der Waals surface area contributed by atoms with Crippen molar-refractivity contribution in [3.05, 3.63) is 108 Å². The summed E-state index contributed by atoms with van der Waals surface area (Å²) in [6.45, 7) is 10.5. The number of imidazole rings is 2. The SMILES string of the molecule is C=Cc1nc(-c2cc(C)c3ncn(Cc4ccc(-c5ccccc5C(=O)O)cc4)c3c2)n(C)c1C=C. The summed E-state index contributed by atoms with van der Waals surface area (Å²) < 4.78 is 4.15. The number of carboxylic acid groups (broad SMARTS) is 1. The molecule has 0 radical (unpaired) electrons. The number of fused-ring (bicyclic) bond motifs is 1. The summed E-state index contributed by atoms with van der Waals surface area (Å²) in [5.41, 5.74) is 8.74. The molecular weight excluding hydrogens is 448 g/mol. The first kappa shape index (κ1) is 23.1. The second-order valence-corrected chi connectivity index (χ2v) is 8.75. The largest absolute Gasteiger partial charge is 0.478 e. The predicted molar refractivity (Wildman–Crippen MR) is 145 cm³/mol. The molecule has 6 nitrogen and oxygen atoms in total. The van der Waals surface area contributed by atoms with Crippen LogP contribution in [0, 0.1) is 6.92 Å². The maximum Gasteiger partial charge on any atom is 0.336 e. The van der Waals surface area contributed by atoms with Crippen LogP contribution in [0.15, 0.2) is 80.1 Å². The third-order valence-corrected chi connectivity index (χ3v) is 6.50. The lowest BCUT2D eigenvalue weighted by atomic mass is 9.99. The van der Waals surface area contributed by atoms with Crippen LogP contribution in [0.3, 0.4) is 0 Å². The number of rotatable bonds is 7. The van der Waals surface area contributed by atoms with Crippen molar-refractivity contribution in [2.75, 3.05) is 0 Å². The molecule has 36 heavy (non-hydrogen) atoms. The van der Waals surface area contributed by atoms with Gasteiger partial charge >= 0.3 is 5.97 Å². The molecule has 0 aliphatic rings. The highest BCUT2D eigenvalue weighted by Crippen LogP contribution is 2.29. The molecule has 6 heteroatoms. The van der Waals surface area contributed by atoms with Crippen LogP contribution < -0.4 is 0 Å². The Kier molecular flexibility index (Phi) is 5.86. The van der Waals surface area contributed by atoms with Crippen molar-refractivity contribution in [3.8, 4) is 22.5 Å². The highest BCUT2D eigenvalue weighted by atomic mass is 16.4. The first-order valence-corrected chi connectivity index (χ1v) is 11.6. The zero-order chi connectivity index (χ0) is 25.4. The van der Waals surface area contributed by atoms with Gasteiger partial charge in [-0.2, -0.15) is 0 Å². The molecule has 0 fully saturated rings. The molecule has 0 saturated carbocycles. The van der Waals surface area contributed by atoms with Crippen LogP contribution in [-0.4, -0.2) is 30.2 Å². The summed E-state index contributed by atoms with van der Waals surface area (Å²) in [6.07, 6.45) is 5.40. The normalized spacial score (nSPS) is 11.1. The Labute approximate surface area is 209 Å². The van der Waals surface area contributed by atoms with E-state index in [-0.39, 0.29) is 0 Å². The minimum absolute atomic E-state index is 0.294. The molecule has 0 aliphatic heterocycles. The van der Waals surface area contributed by atoms with Gasteiger partial charge in [-0.05, 0) is 59.5 Å². The van der Waals surface area contributed by atoms with Gasteiger partial charge in [-0.25, -0.2) is 14.8 Å². The van der Waals surface area contributed by atoms with Gasteiger partial charge in [0.05, 0.1) is 34.3 Å². The highest BCUT2D eigenvalue weighted by molar-refractivity contribution is 5.96. The van der Waals surface area contributed by atoms with E-state index < -0.39 is 5.97 Å². The Morgan fingerprint density at radius 1 is 1.03 bits per heavy atom. The molecule has 0 spiro atoms. The minimum atomic E-state index is -0.932. The molecule has 5 rings (SSSR count). The standard InChI is InChI=1S/C30H26N4O2/c1-5-25-26(6-2)33(4)29(32-25)22-15-19(3)28-27(16-22)34(18-31-28)17-20-11-13-21(14-12-20)23-9-7-8-10-24(23)30(35)36/h5-16,18H,1-2,17H2,3-4H3,(H,35,36). The van der Waals surface area contributed by atoms with Crippen LogP contribution in [0.25, 0.3) is 45.7 Å². The summed E-state index contributed by atoms with van der Waals surface area (Å²) in [6, 6.07) is 19.3. The van der Waals surface area contributed by atoms with Crippen LogP contribution in [0.1, 0.15) is 32.9 Å². The average molecular weight is 475 g/mol. The van der Waals surface area contributed by atoms with E-state index in [0.717, 1.165) is 50.5 Å². The van der Waals surface area contributed by atoms with Crippen LogP contribution in [0.5, 0.6) is 0 Å².